The van der Waals surface area contributed by atoms with Crippen LogP contribution in [0.5, 0.6) is 0 Å². The molecule has 0 aliphatic heterocycles. The van der Waals surface area contributed by atoms with Gasteiger partial charge in [-0.15, -0.1) is 0 Å². The van der Waals surface area contributed by atoms with Crippen LogP contribution in [-0.4, -0.2) is 12.7 Å². The predicted octanol–water partition coefficient (Wildman–Crippen LogP) is 2.91. The molecule has 1 nitrogen and oxygen atoms in total. The molecule has 0 saturated carbocycles. The van der Waals surface area contributed by atoms with Gasteiger partial charge in [0.15, 0.2) is 0 Å². The average molecular weight is 183 g/mol. The summed E-state index contributed by atoms with van der Waals surface area (Å²) in [5.74, 6) is 0. The lowest BCUT2D eigenvalue weighted by Gasteiger charge is -1.92. The molecule has 0 amide bonds. The Hall–Kier alpha value is -0.790. The Morgan fingerprint density at radius 3 is 2.67 bits per heavy atom. The van der Waals surface area contributed by atoms with Crippen LogP contribution in [0.2, 0.25) is 0 Å². The van der Waals surface area contributed by atoms with Gasteiger partial charge in [-0.1, -0.05) is 54.1 Å². The molecule has 1 aromatic carbocycles. The van der Waals surface area contributed by atoms with Crippen molar-refractivity contribution in [3.05, 3.63) is 42.0 Å². The Bertz CT molecular complexity index is 231. The van der Waals surface area contributed by atoms with Crippen molar-refractivity contribution >= 4 is 17.7 Å². The smallest absolute Gasteiger partial charge is 0.121 e. The summed E-state index contributed by atoms with van der Waals surface area (Å²) in [6.07, 6.45) is 3.95. The second-order valence-corrected chi connectivity index (χ2v) is 2.51. The second kappa shape index (κ2) is 5.81. The van der Waals surface area contributed by atoms with E-state index in [4.69, 9.17) is 16.3 Å². The summed E-state index contributed by atoms with van der Waals surface area (Å²) in [6.45, 7) is 0.568. The highest BCUT2D eigenvalue weighted by molar-refractivity contribution is 6.17. The quantitative estimate of drug-likeness (QED) is 0.514. The molecular weight excluding hydrogens is 172 g/mol. The molecule has 2 heteroatoms. The maximum atomic E-state index is 5.33. The summed E-state index contributed by atoms with van der Waals surface area (Å²) in [5, 5.41) is 0. The van der Waals surface area contributed by atoms with Crippen molar-refractivity contribution in [1.29, 1.82) is 0 Å². The lowest BCUT2D eigenvalue weighted by atomic mass is 10.2. The lowest BCUT2D eigenvalue weighted by Crippen LogP contribution is -1.85. The zero-order chi connectivity index (χ0) is 8.65. The number of ether oxygens (including phenoxy) is 1. The highest BCUT2D eigenvalue weighted by Gasteiger charge is 1.81. The van der Waals surface area contributed by atoms with Crippen LogP contribution in [0, 0.1) is 0 Å². The molecule has 0 N–H and O–H groups in total. The summed E-state index contributed by atoms with van der Waals surface area (Å²) < 4.78 is 4.93. The van der Waals surface area contributed by atoms with Gasteiger partial charge in [0.1, 0.15) is 6.07 Å². The maximum absolute atomic E-state index is 5.33. The predicted molar refractivity (Wildman–Crippen MR) is 52.1 cm³/mol. The topological polar surface area (TPSA) is 9.23 Å². The SMILES string of the molecule is ClCOCC=Cc1ccccc1. The van der Waals surface area contributed by atoms with Gasteiger partial charge in [-0.2, -0.15) is 0 Å². The maximum Gasteiger partial charge on any atom is 0.121 e. The normalized spacial score (nSPS) is 10.8. The van der Waals surface area contributed by atoms with Crippen LogP contribution < -0.4 is 0 Å². The van der Waals surface area contributed by atoms with Gasteiger partial charge in [-0.25, -0.2) is 0 Å². The van der Waals surface area contributed by atoms with E-state index in [1.807, 2.05) is 42.5 Å². The van der Waals surface area contributed by atoms with Crippen molar-refractivity contribution in [2.75, 3.05) is 12.7 Å². The number of alkyl halides is 1. The van der Waals surface area contributed by atoms with Crippen LogP contribution in [0.1, 0.15) is 5.56 Å². The van der Waals surface area contributed by atoms with E-state index in [1.54, 1.807) is 0 Å². The Kier molecular flexibility index (Phi) is 4.50. The molecule has 1 rings (SSSR count). The van der Waals surface area contributed by atoms with Crippen molar-refractivity contribution in [3.8, 4) is 0 Å². The van der Waals surface area contributed by atoms with Crippen LogP contribution in [0.4, 0.5) is 0 Å². The van der Waals surface area contributed by atoms with E-state index < -0.39 is 0 Å². The monoisotopic (exact) mass is 182 g/mol. The number of halogens is 1. The zero-order valence-electron chi connectivity index (χ0n) is 6.74. The highest BCUT2D eigenvalue weighted by Crippen LogP contribution is 2.00. The average Bonchev–Trinajstić information content (AvgIpc) is 2.14. The van der Waals surface area contributed by atoms with Gasteiger partial charge in [0.05, 0.1) is 6.61 Å². The fourth-order valence-corrected chi connectivity index (χ4v) is 0.950. The van der Waals surface area contributed by atoms with E-state index in [-0.39, 0.29) is 6.07 Å². The Labute approximate surface area is 77.6 Å². The molecule has 1 aromatic rings. The number of hydrogen-bond donors (Lipinski definition) is 0. The minimum absolute atomic E-state index is 0.249. The Balaban J connectivity index is 2.36. The number of benzene rings is 1. The number of hydrogen-bond acceptors (Lipinski definition) is 1. The standard InChI is InChI=1S/C10H11ClO/c11-9-12-8-4-7-10-5-2-1-3-6-10/h1-7H,8-9H2. The first kappa shape index (κ1) is 9.30. The molecule has 64 valence electrons. The van der Waals surface area contributed by atoms with Crippen LogP contribution in [-0.2, 0) is 4.74 Å². The molecule has 0 saturated heterocycles. The van der Waals surface area contributed by atoms with Crippen molar-refractivity contribution in [3.63, 3.8) is 0 Å². The van der Waals surface area contributed by atoms with Crippen molar-refractivity contribution < 1.29 is 4.74 Å². The third kappa shape index (κ3) is 3.56. The van der Waals surface area contributed by atoms with Crippen LogP contribution in [0.25, 0.3) is 6.08 Å². The van der Waals surface area contributed by atoms with E-state index in [9.17, 15) is 0 Å². The van der Waals surface area contributed by atoms with Crippen LogP contribution >= 0.6 is 11.6 Å². The van der Waals surface area contributed by atoms with E-state index in [0.717, 1.165) is 0 Å². The van der Waals surface area contributed by atoms with E-state index in [2.05, 4.69) is 0 Å². The third-order valence-corrected chi connectivity index (χ3v) is 1.56. The summed E-state index contributed by atoms with van der Waals surface area (Å²) in [5.41, 5.74) is 1.18. The molecular formula is C10H11ClO. The first-order valence-corrected chi connectivity index (χ1v) is 4.32. The molecule has 0 fully saturated rings. The summed E-state index contributed by atoms with van der Waals surface area (Å²) >= 11 is 5.33. The van der Waals surface area contributed by atoms with Gasteiger partial charge in [0.25, 0.3) is 0 Å². The first-order chi connectivity index (χ1) is 5.93. The molecule has 0 radical (unpaired) electrons. The van der Waals surface area contributed by atoms with Gasteiger partial charge in [-0.05, 0) is 5.56 Å². The second-order valence-electron chi connectivity index (χ2n) is 2.29. The van der Waals surface area contributed by atoms with Crippen LogP contribution in [0.3, 0.4) is 0 Å². The van der Waals surface area contributed by atoms with Crippen molar-refractivity contribution in [1.82, 2.24) is 0 Å². The fourth-order valence-electron chi connectivity index (χ4n) is 0.861. The summed E-state index contributed by atoms with van der Waals surface area (Å²) in [4.78, 5) is 0. The molecule has 12 heavy (non-hydrogen) atoms. The van der Waals surface area contributed by atoms with Crippen molar-refractivity contribution in [2.45, 2.75) is 0 Å². The minimum Gasteiger partial charge on any atom is -0.362 e. The molecule has 0 atom stereocenters. The highest BCUT2D eigenvalue weighted by atomic mass is 35.5. The Morgan fingerprint density at radius 2 is 2.00 bits per heavy atom. The van der Waals surface area contributed by atoms with Crippen LogP contribution in [0.15, 0.2) is 36.4 Å². The first-order valence-electron chi connectivity index (χ1n) is 3.79. The summed E-state index contributed by atoms with van der Waals surface area (Å²) in [6, 6.07) is 10.3. The zero-order valence-corrected chi connectivity index (χ0v) is 7.50. The molecule has 0 aliphatic carbocycles. The minimum atomic E-state index is 0.249. The van der Waals surface area contributed by atoms with Gasteiger partial charge < -0.3 is 4.74 Å². The van der Waals surface area contributed by atoms with Gasteiger partial charge >= 0.3 is 0 Å². The van der Waals surface area contributed by atoms with Gasteiger partial charge in [0.2, 0.25) is 0 Å². The molecule has 0 bridgehead atoms. The molecule has 0 heterocycles. The molecule has 0 aliphatic rings. The van der Waals surface area contributed by atoms with Gasteiger partial charge in [0, 0.05) is 0 Å². The van der Waals surface area contributed by atoms with Crippen molar-refractivity contribution in [2.24, 2.45) is 0 Å². The van der Waals surface area contributed by atoms with E-state index in [0.29, 0.717) is 6.61 Å². The third-order valence-electron chi connectivity index (χ3n) is 1.40. The lowest BCUT2D eigenvalue weighted by molar-refractivity contribution is 0.213. The molecule has 0 aromatic heterocycles. The van der Waals surface area contributed by atoms with Gasteiger partial charge in [-0.3, -0.25) is 0 Å². The summed E-state index contributed by atoms with van der Waals surface area (Å²) in [7, 11) is 0. The number of rotatable bonds is 4. The largest absolute Gasteiger partial charge is 0.362 e. The van der Waals surface area contributed by atoms with E-state index >= 15 is 0 Å². The molecule has 0 unspecified atom stereocenters. The van der Waals surface area contributed by atoms with E-state index in [1.165, 1.54) is 5.56 Å². The Morgan fingerprint density at radius 1 is 1.25 bits per heavy atom. The molecule has 0 spiro atoms. The fraction of sp³-hybridized carbons (Fsp3) is 0.200.